The molecule has 0 spiro atoms. The predicted molar refractivity (Wildman–Crippen MR) is 106 cm³/mol. The predicted octanol–water partition coefficient (Wildman–Crippen LogP) is 3.60. The van der Waals surface area contributed by atoms with Crippen molar-refractivity contribution in [1.82, 2.24) is 20.6 Å². The van der Waals surface area contributed by atoms with Gasteiger partial charge in [-0.15, -0.1) is 11.3 Å². The number of hydrogen-bond acceptors (Lipinski definition) is 6. The highest BCUT2D eigenvalue weighted by molar-refractivity contribution is 8.00. The van der Waals surface area contributed by atoms with Gasteiger partial charge in [0.1, 0.15) is 16.2 Å². The van der Waals surface area contributed by atoms with E-state index in [2.05, 4.69) is 50.2 Å². The van der Waals surface area contributed by atoms with E-state index in [4.69, 9.17) is 0 Å². The first-order valence-corrected chi connectivity index (χ1v) is 9.74. The van der Waals surface area contributed by atoms with E-state index < -0.39 is 11.3 Å². The number of nitrogens with one attached hydrogen (secondary N) is 2. The summed E-state index contributed by atoms with van der Waals surface area (Å²) < 4.78 is 0. The molecule has 6 nitrogen and oxygen atoms in total. The lowest BCUT2D eigenvalue weighted by molar-refractivity contribution is -0.119. The van der Waals surface area contributed by atoms with Gasteiger partial charge >= 0.3 is 6.03 Å². The highest BCUT2D eigenvalue weighted by Crippen LogP contribution is 2.38. The number of nitrogens with zero attached hydrogens (tertiary/aromatic N) is 2. The third-order valence-corrected chi connectivity index (χ3v) is 5.81. The molecule has 0 aliphatic carbocycles. The largest absolute Gasteiger partial charge is 0.341 e. The number of thioether (sulfide) groups is 1. The second-order valence-electron chi connectivity index (χ2n) is 5.70. The summed E-state index contributed by atoms with van der Waals surface area (Å²) in [5.41, 5.74) is 3.33. The van der Waals surface area contributed by atoms with E-state index in [1.165, 1.54) is 30.7 Å². The number of aryl methyl sites for hydroxylation is 1. The van der Waals surface area contributed by atoms with Gasteiger partial charge in [-0.25, -0.2) is 14.8 Å². The number of urea groups is 1. The smallest absolute Gasteiger partial charge is 0.321 e. The van der Waals surface area contributed by atoms with E-state index in [1.807, 2.05) is 6.92 Å². The van der Waals surface area contributed by atoms with Crippen LogP contribution >= 0.6 is 23.1 Å². The molecule has 8 heteroatoms. The van der Waals surface area contributed by atoms with Crippen molar-refractivity contribution in [2.24, 2.45) is 0 Å². The van der Waals surface area contributed by atoms with Crippen LogP contribution in [0.3, 0.4) is 0 Å². The van der Waals surface area contributed by atoms with Crippen LogP contribution in [-0.2, 0) is 4.79 Å². The molecule has 1 atom stereocenters. The van der Waals surface area contributed by atoms with Crippen LogP contribution in [0.2, 0.25) is 0 Å². The van der Waals surface area contributed by atoms with Crippen molar-refractivity contribution in [1.29, 1.82) is 0 Å². The quantitative estimate of drug-likeness (QED) is 0.529. The molecule has 2 N–H and O–H groups in total. The van der Waals surface area contributed by atoms with Crippen LogP contribution in [0.5, 0.6) is 0 Å². The molecule has 0 fully saturated rings. The SMILES string of the molecule is CNC(=O)NC(=O)[C@H](C)Sc1ncnc2scc(-c3ccc(C)cc3)c12. The van der Waals surface area contributed by atoms with Crippen LogP contribution in [0.1, 0.15) is 12.5 Å². The van der Waals surface area contributed by atoms with Crippen LogP contribution in [0.4, 0.5) is 4.79 Å². The Morgan fingerprint density at radius 1 is 1.19 bits per heavy atom. The fourth-order valence-electron chi connectivity index (χ4n) is 2.38. The second kappa shape index (κ2) is 7.84. The number of benzene rings is 1. The van der Waals surface area contributed by atoms with Crippen molar-refractivity contribution in [3.63, 3.8) is 0 Å². The zero-order valence-electron chi connectivity index (χ0n) is 14.6. The number of imide groups is 1. The minimum atomic E-state index is -0.522. The Morgan fingerprint density at radius 2 is 1.92 bits per heavy atom. The molecule has 2 heterocycles. The van der Waals surface area contributed by atoms with Crippen molar-refractivity contribution < 1.29 is 9.59 Å². The number of fused-ring (bicyclic) bond motifs is 1. The van der Waals surface area contributed by atoms with Gasteiger partial charge in [0, 0.05) is 18.0 Å². The molecule has 134 valence electrons. The normalized spacial score (nSPS) is 12.0. The minimum Gasteiger partial charge on any atom is -0.341 e. The Hall–Kier alpha value is -2.45. The molecule has 0 aliphatic heterocycles. The minimum absolute atomic E-state index is 0.367. The number of thiophene rings is 1. The molecule has 0 saturated heterocycles. The number of aromatic nitrogens is 2. The Labute approximate surface area is 159 Å². The van der Waals surface area contributed by atoms with E-state index in [0.29, 0.717) is 0 Å². The average molecular weight is 387 g/mol. The van der Waals surface area contributed by atoms with Crippen LogP contribution in [-0.4, -0.2) is 34.2 Å². The summed E-state index contributed by atoms with van der Waals surface area (Å²) in [6, 6.07) is 7.75. The molecule has 0 unspecified atom stereocenters. The third-order valence-electron chi connectivity index (χ3n) is 3.82. The van der Waals surface area contributed by atoms with Gasteiger partial charge in [0.15, 0.2) is 0 Å². The lowest BCUT2D eigenvalue weighted by atomic mass is 10.1. The summed E-state index contributed by atoms with van der Waals surface area (Å²) in [5.74, 6) is -0.367. The van der Waals surface area contributed by atoms with Gasteiger partial charge < -0.3 is 5.32 Å². The molecular weight excluding hydrogens is 368 g/mol. The summed E-state index contributed by atoms with van der Waals surface area (Å²) in [5, 5.41) is 7.91. The van der Waals surface area contributed by atoms with Gasteiger partial charge in [-0.2, -0.15) is 0 Å². The Bertz CT molecular complexity index is 953. The van der Waals surface area contributed by atoms with E-state index in [9.17, 15) is 9.59 Å². The molecule has 3 aromatic rings. The Balaban J connectivity index is 1.94. The van der Waals surface area contributed by atoms with E-state index in [1.54, 1.807) is 18.3 Å². The number of carbonyl (C=O) groups is 2. The number of rotatable bonds is 4. The van der Waals surface area contributed by atoms with E-state index >= 15 is 0 Å². The molecule has 1 aromatic carbocycles. The highest BCUT2D eigenvalue weighted by Gasteiger charge is 2.20. The molecule has 0 bridgehead atoms. The summed E-state index contributed by atoms with van der Waals surface area (Å²) in [7, 11) is 1.47. The number of hydrogen-bond donors (Lipinski definition) is 2. The van der Waals surface area contributed by atoms with Crippen molar-refractivity contribution in [3.8, 4) is 11.1 Å². The summed E-state index contributed by atoms with van der Waals surface area (Å²) in [6.07, 6.45) is 1.50. The third kappa shape index (κ3) is 3.86. The molecule has 0 aliphatic rings. The fourth-order valence-corrected chi connectivity index (χ4v) is 4.29. The lowest BCUT2D eigenvalue weighted by Crippen LogP contribution is -2.41. The maximum absolute atomic E-state index is 12.1. The van der Waals surface area contributed by atoms with Gasteiger partial charge in [-0.05, 0) is 19.4 Å². The number of carbonyl (C=O) groups excluding carboxylic acids is 2. The Morgan fingerprint density at radius 3 is 2.62 bits per heavy atom. The van der Waals surface area contributed by atoms with Crippen LogP contribution in [0.25, 0.3) is 21.3 Å². The first kappa shape index (κ1) is 18.3. The lowest BCUT2D eigenvalue weighted by Gasteiger charge is -2.11. The van der Waals surface area contributed by atoms with Crippen molar-refractivity contribution >= 4 is 45.3 Å². The van der Waals surface area contributed by atoms with Gasteiger partial charge in [0.25, 0.3) is 0 Å². The molecule has 0 saturated carbocycles. The molecular formula is C18H18N4O2S2. The molecule has 26 heavy (non-hydrogen) atoms. The van der Waals surface area contributed by atoms with Gasteiger partial charge in [-0.3, -0.25) is 10.1 Å². The van der Waals surface area contributed by atoms with Crippen LogP contribution in [0.15, 0.2) is 41.0 Å². The maximum Gasteiger partial charge on any atom is 0.321 e. The fraction of sp³-hybridized carbons (Fsp3) is 0.222. The van der Waals surface area contributed by atoms with Gasteiger partial charge in [0.05, 0.1) is 10.6 Å². The summed E-state index contributed by atoms with van der Waals surface area (Å²) >= 11 is 2.86. The zero-order valence-corrected chi connectivity index (χ0v) is 16.2. The van der Waals surface area contributed by atoms with Crippen molar-refractivity contribution in [2.45, 2.75) is 24.1 Å². The molecule has 3 rings (SSSR count). The maximum atomic E-state index is 12.1. The number of amides is 3. The summed E-state index contributed by atoms with van der Waals surface area (Å²) in [6.45, 7) is 3.79. The van der Waals surface area contributed by atoms with Crippen LogP contribution in [0, 0.1) is 6.92 Å². The first-order chi connectivity index (χ1) is 12.5. The second-order valence-corrected chi connectivity index (χ2v) is 7.89. The van der Waals surface area contributed by atoms with Gasteiger partial charge in [0.2, 0.25) is 5.91 Å². The van der Waals surface area contributed by atoms with Crippen molar-refractivity contribution in [3.05, 3.63) is 41.5 Å². The summed E-state index contributed by atoms with van der Waals surface area (Å²) in [4.78, 5) is 33.1. The topological polar surface area (TPSA) is 84.0 Å². The highest BCUT2D eigenvalue weighted by atomic mass is 32.2. The molecule has 2 aromatic heterocycles. The molecule has 3 amide bonds. The first-order valence-electron chi connectivity index (χ1n) is 7.98. The molecule has 0 radical (unpaired) electrons. The van der Waals surface area contributed by atoms with Crippen LogP contribution < -0.4 is 10.6 Å². The van der Waals surface area contributed by atoms with Crippen molar-refractivity contribution in [2.75, 3.05) is 7.05 Å². The Kier molecular flexibility index (Phi) is 5.53. The van der Waals surface area contributed by atoms with E-state index in [0.717, 1.165) is 26.4 Å². The zero-order chi connectivity index (χ0) is 18.7. The standard InChI is InChI=1S/C18H18N4O2S2/c1-10-4-6-12(7-5-10)13-8-25-16-14(13)17(21-9-20-16)26-11(2)15(23)22-18(24)19-3/h4-9,11H,1-3H3,(H2,19,22,23,24)/t11-/m0/s1. The van der Waals surface area contributed by atoms with E-state index in [-0.39, 0.29) is 5.91 Å². The average Bonchev–Trinajstić information content (AvgIpc) is 3.07. The monoisotopic (exact) mass is 386 g/mol. The van der Waals surface area contributed by atoms with Gasteiger partial charge in [-0.1, -0.05) is 41.6 Å².